The number of amides is 1. The lowest BCUT2D eigenvalue weighted by atomic mass is 10.1. The van der Waals surface area contributed by atoms with Crippen molar-refractivity contribution in [2.45, 2.75) is 20.0 Å². The molecule has 4 heteroatoms. The molecule has 1 aromatic carbocycles. The Morgan fingerprint density at radius 1 is 1.35 bits per heavy atom. The van der Waals surface area contributed by atoms with Gasteiger partial charge in [0.15, 0.2) is 0 Å². The van der Waals surface area contributed by atoms with Gasteiger partial charge in [0.2, 0.25) is 0 Å². The quantitative estimate of drug-likeness (QED) is 0.610. The van der Waals surface area contributed by atoms with Gasteiger partial charge in [-0.2, -0.15) is 5.43 Å². The molecule has 0 aliphatic rings. The molecule has 1 aromatic rings. The molecule has 1 rings (SSSR count). The smallest absolute Gasteiger partial charge is 0.295 e. The van der Waals surface area contributed by atoms with Gasteiger partial charge in [-0.05, 0) is 19.1 Å². The predicted octanol–water partition coefficient (Wildman–Crippen LogP) is 0.465. The van der Waals surface area contributed by atoms with Crippen LogP contribution in [0.3, 0.4) is 0 Å². The Hall–Kier alpha value is -1.39. The molecule has 0 aromatic heterocycles. The molecule has 0 aliphatic carbocycles. The summed E-state index contributed by atoms with van der Waals surface area (Å²) in [6.07, 6.45) is -0.705. The number of quaternary nitrogens is 1. The van der Waals surface area contributed by atoms with E-state index in [0.29, 0.717) is 12.1 Å². The molecule has 17 heavy (non-hydrogen) atoms. The van der Waals surface area contributed by atoms with Crippen LogP contribution in [0.2, 0.25) is 0 Å². The average Bonchev–Trinajstić information content (AvgIpc) is 2.15. The minimum Gasteiger partial charge on any atom is -0.848 e. The number of benzene rings is 1. The third kappa shape index (κ3) is 4.54. The van der Waals surface area contributed by atoms with E-state index in [4.69, 9.17) is 0 Å². The van der Waals surface area contributed by atoms with E-state index in [9.17, 15) is 9.90 Å². The number of hydrogen-bond donors (Lipinski definition) is 1. The maximum absolute atomic E-state index is 11.9. The molecule has 0 radical (unpaired) electrons. The first kappa shape index (κ1) is 13.7. The highest BCUT2D eigenvalue weighted by Gasteiger charge is 2.19. The van der Waals surface area contributed by atoms with E-state index in [1.165, 1.54) is 0 Å². The maximum Gasteiger partial charge on any atom is 0.295 e. The summed E-state index contributed by atoms with van der Waals surface area (Å²) in [5.74, 6) is -0.157. The van der Waals surface area contributed by atoms with Gasteiger partial charge in [-0.1, -0.05) is 30.7 Å². The first-order valence-electron chi connectivity index (χ1n) is 5.68. The van der Waals surface area contributed by atoms with Gasteiger partial charge < -0.3 is 5.11 Å². The zero-order valence-corrected chi connectivity index (χ0v) is 10.9. The number of hydrogen-bond acceptors (Lipinski definition) is 2. The van der Waals surface area contributed by atoms with Gasteiger partial charge >= 0.3 is 0 Å². The van der Waals surface area contributed by atoms with E-state index in [0.717, 1.165) is 5.56 Å². The molecular formula is C13H20N2O2. The van der Waals surface area contributed by atoms with Crippen LogP contribution in [0.4, 0.5) is 0 Å². The van der Waals surface area contributed by atoms with Crippen LogP contribution >= 0.6 is 0 Å². The van der Waals surface area contributed by atoms with E-state index in [-0.39, 0.29) is 10.5 Å². The molecule has 0 heterocycles. The lowest BCUT2D eigenvalue weighted by molar-refractivity contribution is -0.932. The monoisotopic (exact) mass is 236 g/mol. The van der Waals surface area contributed by atoms with Crippen molar-refractivity contribution >= 4 is 5.91 Å². The van der Waals surface area contributed by atoms with Crippen molar-refractivity contribution in [3.8, 4) is 0 Å². The second-order valence-corrected chi connectivity index (χ2v) is 4.99. The van der Waals surface area contributed by atoms with Crippen LogP contribution in [0.15, 0.2) is 24.3 Å². The summed E-state index contributed by atoms with van der Waals surface area (Å²) in [4.78, 5) is 11.9. The number of nitrogens with one attached hydrogen (secondary N) is 1. The van der Waals surface area contributed by atoms with Crippen LogP contribution in [0.25, 0.3) is 0 Å². The van der Waals surface area contributed by atoms with Gasteiger partial charge in [-0.25, -0.2) is 4.59 Å². The summed E-state index contributed by atoms with van der Waals surface area (Å²) in [6, 6.07) is 7.35. The second-order valence-electron chi connectivity index (χ2n) is 4.99. The van der Waals surface area contributed by atoms with Gasteiger partial charge in [0, 0.05) is 5.56 Å². The van der Waals surface area contributed by atoms with Crippen molar-refractivity contribution < 1.29 is 14.5 Å². The van der Waals surface area contributed by atoms with Gasteiger partial charge in [0.1, 0.15) is 0 Å². The Morgan fingerprint density at radius 3 is 2.35 bits per heavy atom. The van der Waals surface area contributed by atoms with Crippen LogP contribution in [-0.4, -0.2) is 37.2 Å². The summed E-state index contributed by atoms with van der Waals surface area (Å²) < 4.78 is 0.192. The number of aryl methyl sites for hydroxylation is 1. The third-order valence-corrected chi connectivity index (χ3v) is 2.43. The molecule has 0 fully saturated rings. The number of carbonyl (C=O) groups excluding carboxylic acids is 1. The minimum atomic E-state index is -0.705. The van der Waals surface area contributed by atoms with Gasteiger partial charge in [-0.3, -0.25) is 4.79 Å². The molecule has 1 atom stereocenters. The number of nitrogens with zero attached hydrogens (tertiary/aromatic N) is 1. The molecule has 4 nitrogen and oxygen atoms in total. The second kappa shape index (κ2) is 5.29. The summed E-state index contributed by atoms with van der Waals surface area (Å²) in [7, 11) is 3.61. The fourth-order valence-electron chi connectivity index (χ4n) is 1.73. The number of rotatable bonds is 4. The van der Waals surface area contributed by atoms with Crippen molar-refractivity contribution in [1.82, 2.24) is 5.43 Å². The maximum atomic E-state index is 11.9. The van der Waals surface area contributed by atoms with Crippen LogP contribution in [0.5, 0.6) is 0 Å². The van der Waals surface area contributed by atoms with Crippen LogP contribution in [0.1, 0.15) is 22.8 Å². The molecule has 0 bridgehead atoms. The average molecular weight is 236 g/mol. The molecule has 1 N–H and O–H groups in total. The number of likely N-dealkylation sites (N-methyl/N-ethyl adjacent to an activating group) is 1. The van der Waals surface area contributed by atoms with E-state index >= 15 is 0 Å². The molecule has 0 aliphatic heterocycles. The Bertz CT molecular complexity index is 383. The number of carbonyl (C=O) groups is 1. The molecule has 0 spiro atoms. The zero-order valence-electron chi connectivity index (χ0n) is 10.9. The molecule has 94 valence electrons. The SMILES string of the molecule is Cc1ccc(C(=O)N[N+](C)(C)CC(C)[O-])cc1. The molecule has 1 unspecified atom stereocenters. The van der Waals surface area contributed by atoms with Crippen LogP contribution < -0.4 is 10.5 Å². The Labute approximate surface area is 102 Å². The van der Waals surface area contributed by atoms with Gasteiger partial charge in [0.05, 0.1) is 20.6 Å². The first-order chi connectivity index (χ1) is 7.80. The lowest BCUT2D eigenvalue weighted by Gasteiger charge is -2.33. The first-order valence-corrected chi connectivity index (χ1v) is 5.68. The Balaban J connectivity index is 2.69. The van der Waals surface area contributed by atoms with Crippen molar-refractivity contribution in [2.75, 3.05) is 20.6 Å². The Kier molecular flexibility index (Phi) is 4.26. The van der Waals surface area contributed by atoms with Crippen molar-refractivity contribution in [3.63, 3.8) is 0 Å². The summed E-state index contributed by atoms with van der Waals surface area (Å²) in [5.41, 5.74) is 4.55. The summed E-state index contributed by atoms with van der Waals surface area (Å²) >= 11 is 0. The minimum absolute atomic E-state index is 0.157. The summed E-state index contributed by atoms with van der Waals surface area (Å²) in [6.45, 7) is 3.93. The fourth-order valence-corrected chi connectivity index (χ4v) is 1.73. The van der Waals surface area contributed by atoms with Crippen molar-refractivity contribution in [3.05, 3.63) is 35.4 Å². The van der Waals surface area contributed by atoms with Gasteiger partial charge in [0.25, 0.3) is 5.91 Å². The van der Waals surface area contributed by atoms with E-state index in [1.807, 2.05) is 19.1 Å². The van der Waals surface area contributed by atoms with E-state index in [2.05, 4.69) is 5.43 Å². The molecular weight excluding hydrogens is 216 g/mol. The largest absolute Gasteiger partial charge is 0.848 e. The van der Waals surface area contributed by atoms with E-state index in [1.54, 1.807) is 33.2 Å². The van der Waals surface area contributed by atoms with E-state index < -0.39 is 6.10 Å². The summed E-state index contributed by atoms with van der Waals surface area (Å²) in [5, 5.41) is 11.1. The highest BCUT2D eigenvalue weighted by Crippen LogP contribution is 2.04. The Morgan fingerprint density at radius 2 is 1.88 bits per heavy atom. The highest BCUT2D eigenvalue weighted by molar-refractivity contribution is 5.93. The zero-order chi connectivity index (χ0) is 13.1. The van der Waals surface area contributed by atoms with Gasteiger partial charge in [-0.15, -0.1) is 0 Å². The lowest BCUT2D eigenvalue weighted by Crippen LogP contribution is -2.58. The van der Waals surface area contributed by atoms with Crippen LogP contribution in [-0.2, 0) is 0 Å². The third-order valence-electron chi connectivity index (χ3n) is 2.43. The fraction of sp³-hybridized carbons (Fsp3) is 0.462. The molecule has 0 saturated carbocycles. The molecule has 1 amide bonds. The normalized spacial score (nSPS) is 13.2. The standard InChI is InChI=1S/C13H20N2O2/c1-10-5-7-12(8-6-10)13(17)14-15(3,4)9-11(2)16/h5-8,11H,9H2,1-4H3,(H,14,17). The molecule has 0 saturated heterocycles. The topological polar surface area (TPSA) is 52.2 Å². The van der Waals surface area contributed by atoms with Crippen molar-refractivity contribution in [1.29, 1.82) is 0 Å². The van der Waals surface area contributed by atoms with Crippen molar-refractivity contribution in [2.24, 2.45) is 0 Å². The predicted molar refractivity (Wildman–Crippen MR) is 65.1 cm³/mol. The van der Waals surface area contributed by atoms with Crippen LogP contribution in [0, 0.1) is 6.92 Å². The highest BCUT2D eigenvalue weighted by atomic mass is 16.3.